The molecule has 3 aromatic rings. The fourth-order valence-corrected chi connectivity index (χ4v) is 9.50. The number of ether oxygens (including phenoxy) is 1. The zero-order valence-electron chi connectivity index (χ0n) is 32.6. The van der Waals surface area contributed by atoms with Crippen LogP contribution < -0.4 is 20.3 Å². The molecule has 0 spiro atoms. The van der Waals surface area contributed by atoms with Gasteiger partial charge in [-0.25, -0.2) is 0 Å². The summed E-state index contributed by atoms with van der Waals surface area (Å²) in [5.74, 6) is 1.53. The van der Waals surface area contributed by atoms with Crippen molar-refractivity contribution in [1.29, 1.82) is 0 Å². The molecule has 4 aliphatic rings. The van der Waals surface area contributed by atoms with Crippen LogP contribution in [0.15, 0.2) is 66.7 Å². The maximum atomic E-state index is 13.7. The molecule has 1 aliphatic heterocycles. The molecule has 10 atom stereocenters. The Morgan fingerprint density at radius 3 is 2.42 bits per heavy atom. The number of rotatable bonds is 14. The lowest BCUT2D eigenvalue weighted by Crippen LogP contribution is -2.63. The Bertz CT molecular complexity index is 1720. The maximum Gasteiger partial charge on any atom is 0.251 e. The van der Waals surface area contributed by atoms with Crippen molar-refractivity contribution in [2.24, 2.45) is 29.1 Å². The third-order valence-corrected chi connectivity index (χ3v) is 12.6. The van der Waals surface area contributed by atoms with Gasteiger partial charge in [0, 0.05) is 54.5 Å². The third-order valence-electron chi connectivity index (χ3n) is 12.6. The lowest BCUT2D eigenvalue weighted by molar-refractivity contribution is -0.195. The van der Waals surface area contributed by atoms with Crippen LogP contribution >= 0.6 is 0 Å². The van der Waals surface area contributed by atoms with Crippen LogP contribution in [0.4, 0.5) is 5.69 Å². The fraction of sp³-hybridized carbons (Fsp3) is 0.558. The van der Waals surface area contributed by atoms with E-state index in [1.165, 1.54) is 6.42 Å². The molecule has 2 bridgehead atoms. The lowest BCUT2D eigenvalue weighted by atomic mass is 9.44. The Morgan fingerprint density at radius 1 is 1.06 bits per heavy atom. The first-order valence-corrected chi connectivity index (χ1v) is 19.2. The Kier molecular flexibility index (Phi) is 11.9. The molecule has 1 saturated heterocycles. The first-order chi connectivity index (χ1) is 25.2. The number of aliphatic hydroxyl groups excluding tert-OH is 3. The van der Waals surface area contributed by atoms with Crippen LogP contribution in [-0.4, -0.2) is 90.7 Å². The van der Waals surface area contributed by atoms with Gasteiger partial charge in [0.25, 0.3) is 5.91 Å². The van der Waals surface area contributed by atoms with Gasteiger partial charge in [-0.2, -0.15) is 5.06 Å². The topological polar surface area (TPSA) is 127 Å². The second-order valence-electron chi connectivity index (χ2n) is 16.6. The highest BCUT2D eigenvalue weighted by Crippen LogP contribution is 2.61. The zero-order chi connectivity index (χ0) is 38.2. The van der Waals surface area contributed by atoms with Gasteiger partial charge in [-0.3, -0.25) is 14.9 Å². The number of hydroxylamine groups is 2. The molecule has 1 unspecified atom stereocenters. The number of hydrogen-bond donors (Lipinski definition) is 5. The SMILES string of the molecule is COc1c(CN2O[C@@H](CO)[C@H]([C@H](C)O)[C@H]2C(O)N[C@H]2C[C@H]3C[C@@H]([C@@H]2C)C3(C)C)cccc1-c1cc(C(=O)N[C@H](C)Cc2ccccc2)cc(N(C)C)c1. The van der Waals surface area contributed by atoms with Gasteiger partial charge in [0.1, 0.15) is 18.1 Å². The van der Waals surface area contributed by atoms with Gasteiger partial charge in [-0.05, 0) is 85.6 Å². The number of fused-ring (bicyclic) bond motifs is 2. The van der Waals surface area contributed by atoms with E-state index in [1.54, 1.807) is 19.1 Å². The van der Waals surface area contributed by atoms with Crippen molar-refractivity contribution >= 4 is 11.6 Å². The van der Waals surface area contributed by atoms with Gasteiger partial charge >= 0.3 is 0 Å². The molecule has 4 fully saturated rings. The first kappa shape index (κ1) is 39.2. The predicted octanol–water partition coefficient (Wildman–Crippen LogP) is 5.24. The highest BCUT2D eigenvalue weighted by atomic mass is 16.7. The second-order valence-corrected chi connectivity index (χ2v) is 16.6. The molecule has 288 valence electrons. The van der Waals surface area contributed by atoms with E-state index in [-0.39, 0.29) is 31.1 Å². The van der Waals surface area contributed by atoms with Crippen LogP contribution in [0.5, 0.6) is 5.75 Å². The van der Waals surface area contributed by atoms with E-state index < -0.39 is 30.4 Å². The number of carbonyl (C=O) groups is 1. The molecule has 1 heterocycles. The molecule has 3 saturated carbocycles. The number of para-hydroxylation sites is 1. The van der Waals surface area contributed by atoms with Crippen LogP contribution in [0.2, 0.25) is 0 Å². The Labute approximate surface area is 315 Å². The number of nitrogens with zero attached hydrogens (tertiary/aromatic N) is 2. The summed E-state index contributed by atoms with van der Waals surface area (Å²) in [5, 5.41) is 41.7. The van der Waals surface area contributed by atoms with E-state index in [0.717, 1.165) is 40.8 Å². The summed E-state index contributed by atoms with van der Waals surface area (Å²) in [4.78, 5) is 22.0. The summed E-state index contributed by atoms with van der Waals surface area (Å²) in [6.07, 6.45) is 0.414. The quantitative estimate of drug-likeness (QED) is 0.142. The average molecular weight is 729 g/mol. The van der Waals surface area contributed by atoms with Gasteiger partial charge in [-0.15, -0.1) is 0 Å². The molecule has 7 rings (SSSR count). The summed E-state index contributed by atoms with van der Waals surface area (Å²) in [5.41, 5.74) is 5.31. The molecular formula is C43H60N4O6. The van der Waals surface area contributed by atoms with Crippen molar-refractivity contribution in [2.75, 3.05) is 32.7 Å². The first-order valence-electron chi connectivity index (χ1n) is 19.2. The third kappa shape index (κ3) is 8.00. The zero-order valence-corrected chi connectivity index (χ0v) is 32.6. The van der Waals surface area contributed by atoms with E-state index >= 15 is 0 Å². The van der Waals surface area contributed by atoms with Crippen molar-refractivity contribution < 1.29 is 29.7 Å². The van der Waals surface area contributed by atoms with Gasteiger partial charge in [0.2, 0.25) is 0 Å². The average Bonchev–Trinajstić information content (AvgIpc) is 3.50. The lowest BCUT2D eigenvalue weighted by Gasteiger charge is -2.62. The summed E-state index contributed by atoms with van der Waals surface area (Å²) in [6, 6.07) is 21.3. The number of anilines is 1. The molecular weight excluding hydrogens is 668 g/mol. The molecule has 5 N–H and O–H groups in total. The number of hydrogen-bond acceptors (Lipinski definition) is 9. The van der Waals surface area contributed by atoms with Crippen LogP contribution in [0.3, 0.4) is 0 Å². The monoisotopic (exact) mass is 728 g/mol. The van der Waals surface area contributed by atoms with E-state index in [1.807, 2.05) is 80.5 Å². The largest absolute Gasteiger partial charge is 0.496 e. The van der Waals surface area contributed by atoms with Crippen molar-refractivity contribution in [2.45, 2.75) is 97.0 Å². The predicted molar refractivity (Wildman–Crippen MR) is 208 cm³/mol. The van der Waals surface area contributed by atoms with Crippen LogP contribution in [0, 0.1) is 29.1 Å². The van der Waals surface area contributed by atoms with E-state index in [9.17, 15) is 20.1 Å². The molecule has 10 nitrogen and oxygen atoms in total. The molecule has 1 amide bonds. The second kappa shape index (κ2) is 16.1. The number of methoxy groups -OCH3 is 1. The number of nitrogens with one attached hydrogen (secondary N) is 2. The summed E-state index contributed by atoms with van der Waals surface area (Å²) in [7, 11) is 5.53. The number of aliphatic hydroxyl groups is 3. The molecule has 0 aromatic heterocycles. The van der Waals surface area contributed by atoms with Crippen LogP contribution in [0.25, 0.3) is 11.1 Å². The normalized spacial score (nSPS) is 28.1. The summed E-state index contributed by atoms with van der Waals surface area (Å²) < 4.78 is 6.09. The van der Waals surface area contributed by atoms with Crippen LogP contribution in [0.1, 0.15) is 68.9 Å². The minimum atomic E-state index is -1.00. The Balaban J connectivity index is 1.27. The van der Waals surface area contributed by atoms with E-state index in [4.69, 9.17) is 9.57 Å². The van der Waals surface area contributed by atoms with Crippen molar-refractivity contribution in [1.82, 2.24) is 15.7 Å². The molecule has 3 aliphatic carbocycles. The highest BCUT2D eigenvalue weighted by molar-refractivity contribution is 5.97. The standard InChI is InChI=1S/C43H60N4O6/c1-25(17-28-13-10-9-11-14-28)44-41(50)31-18-30(19-33(20-31)46(6)7)34-16-12-15-29(40(34)52-8)23-47-39(38(27(3)49)37(24-48)53-47)42(51)45-36-22-32-21-35(26(36)2)43(32,4)5/h9-16,18-20,25-27,32,35-39,42,45,48-49,51H,17,21-24H2,1-8H3,(H,44,50)/t25-,26+,27+,32-,35+,36+,37+,38+,39+,42?/m1/s1. The summed E-state index contributed by atoms with van der Waals surface area (Å²) >= 11 is 0. The van der Waals surface area contributed by atoms with Gasteiger partial charge < -0.3 is 30.3 Å². The summed E-state index contributed by atoms with van der Waals surface area (Å²) in [6.45, 7) is 10.6. The van der Waals surface area contributed by atoms with Gasteiger partial charge in [0.05, 0.1) is 32.4 Å². The molecule has 53 heavy (non-hydrogen) atoms. The number of carbonyl (C=O) groups excluding carboxylic acids is 1. The molecule has 0 radical (unpaired) electrons. The van der Waals surface area contributed by atoms with Gasteiger partial charge in [-0.1, -0.05) is 69.3 Å². The maximum absolute atomic E-state index is 13.7. The van der Waals surface area contributed by atoms with Gasteiger partial charge in [0.15, 0.2) is 0 Å². The van der Waals surface area contributed by atoms with E-state index in [2.05, 4.69) is 43.5 Å². The van der Waals surface area contributed by atoms with Crippen molar-refractivity contribution in [3.63, 3.8) is 0 Å². The van der Waals surface area contributed by atoms with E-state index in [0.29, 0.717) is 34.5 Å². The fourth-order valence-electron chi connectivity index (χ4n) is 9.50. The Morgan fingerprint density at radius 2 is 1.79 bits per heavy atom. The number of benzene rings is 3. The van der Waals surface area contributed by atoms with Crippen LogP contribution in [-0.2, 0) is 17.8 Å². The molecule has 10 heteroatoms. The molecule has 3 aromatic carbocycles. The Hall–Kier alpha value is -3.51. The van der Waals surface area contributed by atoms with Crippen molar-refractivity contribution in [3.05, 3.63) is 83.4 Å². The smallest absolute Gasteiger partial charge is 0.251 e. The van der Waals surface area contributed by atoms with Crippen molar-refractivity contribution in [3.8, 4) is 16.9 Å². The number of amides is 1. The minimum Gasteiger partial charge on any atom is -0.496 e. The highest BCUT2D eigenvalue weighted by Gasteiger charge is 2.57. The minimum absolute atomic E-state index is 0.0699.